The first-order valence-electron chi connectivity index (χ1n) is 23.7. The van der Waals surface area contributed by atoms with E-state index in [-0.39, 0.29) is 0 Å². The fourth-order valence-electron chi connectivity index (χ4n) is 10.7. The molecule has 0 fully saturated rings. The lowest BCUT2D eigenvalue weighted by molar-refractivity contribution is 1.06. The van der Waals surface area contributed by atoms with Crippen molar-refractivity contribution in [2.75, 3.05) is 0 Å². The normalized spacial score (nSPS) is 11.6. The highest BCUT2D eigenvalue weighted by molar-refractivity contribution is 6.14. The quantitative estimate of drug-likeness (QED) is 0.160. The highest BCUT2D eigenvalue weighted by Crippen LogP contribution is 2.42. The molecular formula is C64H39N7. The van der Waals surface area contributed by atoms with Crippen molar-refractivity contribution in [3.05, 3.63) is 242 Å². The van der Waals surface area contributed by atoms with Crippen LogP contribution in [0.2, 0.25) is 0 Å². The summed E-state index contributed by atoms with van der Waals surface area (Å²) in [4.78, 5) is 15.8. The molecule has 0 bridgehead atoms. The van der Waals surface area contributed by atoms with Gasteiger partial charge in [-0.25, -0.2) is 15.0 Å². The summed E-state index contributed by atoms with van der Waals surface area (Å²) in [5.41, 5.74) is 14.6. The Morgan fingerprint density at radius 3 is 1.18 bits per heavy atom. The molecular weight excluding hydrogens is 867 g/mol. The second kappa shape index (κ2) is 16.1. The van der Waals surface area contributed by atoms with Gasteiger partial charge in [-0.1, -0.05) is 164 Å². The van der Waals surface area contributed by atoms with Gasteiger partial charge in [-0.2, -0.15) is 5.26 Å². The number of benzene rings is 10. The van der Waals surface area contributed by atoms with Crippen molar-refractivity contribution in [3.63, 3.8) is 0 Å². The summed E-state index contributed by atoms with van der Waals surface area (Å²) in [6.45, 7) is 0. The summed E-state index contributed by atoms with van der Waals surface area (Å²) in [7, 11) is 0. The van der Waals surface area contributed by atoms with E-state index in [1.165, 1.54) is 21.5 Å². The second-order valence-electron chi connectivity index (χ2n) is 17.9. The van der Waals surface area contributed by atoms with Gasteiger partial charge in [0.1, 0.15) is 0 Å². The lowest BCUT2D eigenvalue weighted by Crippen LogP contribution is -2.04. The summed E-state index contributed by atoms with van der Waals surface area (Å²) in [6.07, 6.45) is 0. The lowest BCUT2D eigenvalue weighted by atomic mass is 9.99. The summed E-state index contributed by atoms with van der Waals surface area (Å²) < 4.78 is 7.16. The van der Waals surface area contributed by atoms with E-state index in [2.05, 4.69) is 171 Å². The summed E-state index contributed by atoms with van der Waals surface area (Å²) in [5, 5.41) is 17.1. The number of aromatic nitrogens is 6. The molecule has 0 amide bonds. The summed E-state index contributed by atoms with van der Waals surface area (Å²) in [6, 6.07) is 85.2. The molecule has 7 nitrogen and oxygen atoms in total. The maximum Gasteiger partial charge on any atom is 0.166 e. The third-order valence-electron chi connectivity index (χ3n) is 13.9. The van der Waals surface area contributed by atoms with Crippen LogP contribution in [0.4, 0.5) is 0 Å². The van der Waals surface area contributed by atoms with Gasteiger partial charge in [0.05, 0.1) is 50.4 Å². The lowest BCUT2D eigenvalue weighted by Gasteiger charge is -2.17. The molecule has 4 heterocycles. The molecule has 330 valence electrons. The van der Waals surface area contributed by atoms with Crippen molar-refractivity contribution < 1.29 is 0 Å². The highest BCUT2D eigenvalue weighted by atomic mass is 15.1. The van der Waals surface area contributed by atoms with Crippen molar-refractivity contribution >= 4 is 65.4 Å². The van der Waals surface area contributed by atoms with Crippen LogP contribution in [0.5, 0.6) is 0 Å². The molecule has 0 unspecified atom stereocenters. The Morgan fingerprint density at radius 2 is 0.704 bits per heavy atom. The fraction of sp³-hybridized carbons (Fsp3) is 0. The van der Waals surface area contributed by atoms with Crippen LogP contribution in [0.1, 0.15) is 5.56 Å². The van der Waals surface area contributed by atoms with E-state index >= 15 is 0 Å². The standard InChI is InChI=1S/C64H39N7/c65-40-41-16-15-21-44(36-41)45-30-35-59(54(37-45)64-67-62(42-17-3-1-4-18-42)66-63(68-64)43-19-5-2-6-20-43)71-60-38-46(69-55-26-11-7-22-48(55)49-23-8-12-27-56(49)69)31-33-52(60)53-34-32-47(39-61(53)71)70-57-28-13-9-24-50(57)51-25-10-14-29-58(51)70/h1-39H. The van der Waals surface area contributed by atoms with Crippen molar-refractivity contribution in [3.8, 4) is 68.4 Å². The molecule has 71 heavy (non-hydrogen) atoms. The Hall–Kier alpha value is -9.90. The molecule has 7 heteroatoms. The van der Waals surface area contributed by atoms with Gasteiger partial charge in [-0.05, 0) is 83.9 Å². The number of para-hydroxylation sites is 4. The first-order chi connectivity index (χ1) is 35.2. The predicted octanol–water partition coefficient (Wildman–Crippen LogP) is 15.7. The zero-order valence-corrected chi connectivity index (χ0v) is 38.1. The molecule has 0 radical (unpaired) electrons. The molecule has 0 N–H and O–H groups in total. The van der Waals surface area contributed by atoms with E-state index in [1.807, 2.05) is 84.9 Å². The minimum Gasteiger partial charge on any atom is -0.309 e. The van der Waals surface area contributed by atoms with Gasteiger partial charge in [0.25, 0.3) is 0 Å². The fourth-order valence-corrected chi connectivity index (χ4v) is 10.7. The van der Waals surface area contributed by atoms with Crippen LogP contribution in [0.3, 0.4) is 0 Å². The van der Waals surface area contributed by atoms with Crippen LogP contribution >= 0.6 is 0 Å². The third kappa shape index (κ3) is 6.47. The van der Waals surface area contributed by atoms with Gasteiger partial charge < -0.3 is 13.7 Å². The van der Waals surface area contributed by atoms with Crippen LogP contribution in [-0.2, 0) is 0 Å². The number of fused-ring (bicyclic) bond motifs is 9. The molecule has 0 aliphatic rings. The summed E-state index contributed by atoms with van der Waals surface area (Å²) in [5.74, 6) is 1.67. The molecule has 14 aromatic rings. The molecule has 0 saturated heterocycles. The molecule has 14 rings (SSSR count). The van der Waals surface area contributed by atoms with E-state index in [0.717, 1.165) is 88.8 Å². The highest BCUT2D eigenvalue weighted by Gasteiger charge is 2.23. The summed E-state index contributed by atoms with van der Waals surface area (Å²) >= 11 is 0. The number of nitrogens with zero attached hydrogens (tertiary/aromatic N) is 7. The average molecular weight is 906 g/mol. The van der Waals surface area contributed by atoms with Gasteiger partial charge in [0.2, 0.25) is 0 Å². The number of rotatable bonds is 7. The average Bonchev–Trinajstić information content (AvgIpc) is 4.08. The second-order valence-corrected chi connectivity index (χ2v) is 17.9. The van der Waals surface area contributed by atoms with E-state index in [1.54, 1.807) is 0 Å². The van der Waals surface area contributed by atoms with Gasteiger partial charge in [-0.15, -0.1) is 0 Å². The Kier molecular flexibility index (Phi) is 9.13. The smallest absolute Gasteiger partial charge is 0.166 e. The largest absolute Gasteiger partial charge is 0.309 e. The molecule has 4 aromatic heterocycles. The van der Waals surface area contributed by atoms with Crippen molar-refractivity contribution in [2.45, 2.75) is 0 Å². The van der Waals surface area contributed by atoms with Crippen molar-refractivity contribution in [2.24, 2.45) is 0 Å². The monoisotopic (exact) mass is 905 g/mol. The van der Waals surface area contributed by atoms with Gasteiger partial charge >= 0.3 is 0 Å². The van der Waals surface area contributed by atoms with E-state index in [0.29, 0.717) is 23.0 Å². The Labute approximate surface area is 408 Å². The minimum atomic E-state index is 0.526. The molecule has 0 saturated carbocycles. The maximum absolute atomic E-state index is 10.0. The Bertz CT molecular complexity index is 4140. The maximum atomic E-state index is 10.0. The van der Waals surface area contributed by atoms with Gasteiger partial charge in [0.15, 0.2) is 17.5 Å². The SMILES string of the molecule is N#Cc1cccc(-c2ccc(-n3c4cc(-n5c6ccccc6c6ccccc65)ccc4c4ccc(-n5c6ccccc6c6ccccc65)cc43)c(-c3nc(-c4ccccc4)nc(-c4ccccc4)n3)c2)c1. The third-order valence-corrected chi connectivity index (χ3v) is 13.9. The van der Waals surface area contributed by atoms with E-state index in [9.17, 15) is 5.26 Å². The van der Waals surface area contributed by atoms with Crippen LogP contribution in [0.15, 0.2) is 237 Å². The molecule has 0 atom stereocenters. The zero-order valence-electron chi connectivity index (χ0n) is 38.1. The first-order valence-corrected chi connectivity index (χ1v) is 23.7. The molecule has 0 aliphatic heterocycles. The van der Waals surface area contributed by atoms with Gasteiger partial charge in [-0.3, -0.25) is 0 Å². The van der Waals surface area contributed by atoms with Crippen LogP contribution in [0, 0.1) is 11.3 Å². The first kappa shape index (κ1) is 40.2. The van der Waals surface area contributed by atoms with E-state index in [4.69, 9.17) is 15.0 Å². The van der Waals surface area contributed by atoms with E-state index < -0.39 is 0 Å². The Balaban J connectivity index is 1.11. The van der Waals surface area contributed by atoms with Crippen LogP contribution < -0.4 is 0 Å². The number of hydrogen-bond donors (Lipinski definition) is 0. The molecule has 10 aromatic carbocycles. The number of hydrogen-bond acceptors (Lipinski definition) is 4. The Morgan fingerprint density at radius 1 is 0.296 bits per heavy atom. The van der Waals surface area contributed by atoms with Crippen molar-refractivity contribution in [1.29, 1.82) is 5.26 Å². The molecule has 0 spiro atoms. The topological polar surface area (TPSA) is 77.2 Å². The molecule has 0 aliphatic carbocycles. The number of nitriles is 1. The minimum absolute atomic E-state index is 0.526. The van der Waals surface area contributed by atoms with Crippen LogP contribution in [-0.4, -0.2) is 28.7 Å². The van der Waals surface area contributed by atoms with Crippen molar-refractivity contribution in [1.82, 2.24) is 28.7 Å². The van der Waals surface area contributed by atoms with Gasteiger partial charge in [0, 0.05) is 60.4 Å². The predicted molar refractivity (Wildman–Crippen MR) is 289 cm³/mol. The van der Waals surface area contributed by atoms with Crippen LogP contribution in [0.25, 0.3) is 128 Å². The zero-order chi connectivity index (χ0) is 47.0.